The first-order valence-electron chi connectivity index (χ1n) is 5.95. The number of carbonyl (C=O) groups is 1. The number of amides is 1. The summed E-state index contributed by atoms with van der Waals surface area (Å²) in [5.41, 5.74) is 2.25. The zero-order chi connectivity index (χ0) is 13.1. The lowest BCUT2D eigenvalue weighted by molar-refractivity contribution is 0.0946. The molecule has 5 heteroatoms. The second-order valence-corrected chi connectivity index (χ2v) is 4.11. The van der Waals surface area contributed by atoms with E-state index < -0.39 is 0 Å². The van der Waals surface area contributed by atoms with E-state index in [0.29, 0.717) is 12.2 Å². The Hall–Kier alpha value is -2.69. The van der Waals surface area contributed by atoms with E-state index in [1.807, 2.05) is 18.3 Å². The van der Waals surface area contributed by atoms with E-state index in [9.17, 15) is 4.79 Å². The van der Waals surface area contributed by atoms with Gasteiger partial charge in [-0.1, -0.05) is 6.07 Å². The molecule has 0 spiro atoms. The highest BCUT2D eigenvalue weighted by molar-refractivity contribution is 5.92. The summed E-state index contributed by atoms with van der Waals surface area (Å²) < 4.78 is 0. The van der Waals surface area contributed by atoms with Gasteiger partial charge in [-0.2, -0.15) is 0 Å². The van der Waals surface area contributed by atoms with Gasteiger partial charge in [-0.15, -0.1) is 0 Å². The second-order valence-electron chi connectivity index (χ2n) is 4.11. The van der Waals surface area contributed by atoms with E-state index in [-0.39, 0.29) is 5.91 Å². The van der Waals surface area contributed by atoms with Crippen molar-refractivity contribution in [3.8, 4) is 0 Å². The molecule has 0 bridgehead atoms. The average molecular weight is 252 g/mol. The molecular weight excluding hydrogens is 240 g/mol. The van der Waals surface area contributed by atoms with Crippen LogP contribution < -0.4 is 5.32 Å². The molecule has 1 amide bonds. The Morgan fingerprint density at radius 1 is 1.16 bits per heavy atom. The maximum Gasteiger partial charge on any atom is 0.270 e. The minimum absolute atomic E-state index is 0.182. The van der Waals surface area contributed by atoms with Gasteiger partial charge in [-0.05, 0) is 29.8 Å². The molecule has 0 saturated heterocycles. The number of hydrogen-bond acceptors (Lipinski definition) is 3. The maximum absolute atomic E-state index is 11.9. The molecule has 0 aliphatic carbocycles. The zero-order valence-corrected chi connectivity index (χ0v) is 10.1. The van der Waals surface area contributed by atoms with Crippen molar-refractivity contribution in [2.75, 3.05) is 0 Å². The number of hydrogen-bond donors (Lipinski definition) is 2. The van der Waals surface area contributed by atoms with E-state index in [4.69, 9.17) is 0 Å². The minimum Gasteiger partial charge on any atom is -0.347 e. The fraction of sp³-hybridized carbons (Fsp3) is 0.0714. The van der Waals surface area contributed by atoms with Crippen LogP contribution in [0.2, 0.25) is 0 Å². The Balaban J connectivity index is 1.75. The van der Waals surface area contributed by atoms with Crippen molar-refractivity contribution in [1.82, 2.24) is 20.3 Å². The molecule has 2 N–H and O–H groups in total. The van der Waals surface area contributed by atoms with Crippen LogP contribution in [0.15, 0.2) is 48.9 Å². The summed E-state index contributed by atoms with van der Waals surface area (Å²) in [5, 5.41) is 3.86. The fourth-order valence-electron chi connectivity index (χ4n) is 1.92. The first kappa shape index (κ1) is 11.4. The molecule has 0 aliphatic heterocycles. The number of aromatic amines is 1. The summed E-state index contributed by atoms with van der Waals surface area (Å²) in [6, 6.07) is 9.10. The Labute approximate surface area is 109 Å². The molecule has 3 heterocycles. The van der Waals surface area contributed by atoms with Gasteiger partial charge in [-0.25, -0.2) is 4.98 Å². The Bertz CT molecular complexity index is 706. The second kappa shape index (κ2) is 4.89. The van der Waals surface area contributed by atoms with Crippen LogP contribution in [0.1, 0.15) is 16.1 Å². The van der Waals surface area contributed by atoms with E-state index in [2.05, 4.69) is 20.3 Å². The first-order valence-corrected chi connectivity index (χ1v) is 5.95. The molecule has 19 heavy (non-hydrogen) atoms. The maximum atomic E-state index is 11.9. The Morgan fingerprint density at radius 3 is 2.89 bits per heavy atom. The molecule has 3 rings (SSSR count). The number of carbonyl (C=O) groups excluding carboxylic acids is 1. The summed E-state index contributed by atoms with van der Waals surface area (Å²) in [7, 11) is 0. The smallest absolute Gasteiger partial charge is 0.270 e. The van der Waals surface area contributed by atoms with Crippen molar-refractivity contribution in [2.24, 2.45) is 0 Å². The van der Waals surface area contributed by atoms with Crippen molar-refractivity contribution >= 4 is 16.9 Å². The third-order valence-electron chi connectivity index (χ3n) is 2.87. The highest BCUT2D eigenvalue weighted by Gasteiger charge is 2.08. The standard InChI is InChI=1S/C14H12N4O/c19-14(12-5-1-2-6-15-12)18-9-10-8-17-13-11(10)4-3-7-16-13/h1-8H,9H2,(H,16,17)(H,18,19). The quantitative estimate of drug-likeness (QED) is 0.747. The molecule has 0 unspecified atom stereocenters. The topological polar surface area (TPSA) is 70.7 Å². The third-order valence-corrected chi connectivity index (χ3v) is 2.87. The highest BCUT2D eigenvalue weighted by Crippen LogP contribution is 2.15. The molecule has 0 aliphatic rings. The molecule has 3 aromatic rings. The van der Waals surface area contributed by atoms with Crippen LogP contribution >= 0.6 is 0 Å². The molecule has 0 aromatic carbocycles. The van der Waals surface area contributed by atoms with Crippen LogP contribution in [0.5, 0.6) is 0 Å². The number of rotatable bonds is 3. The van der Waals surface area contributed by atoms with Gasteiger partial charge in [0.05, 0.1) is 0 Å². The normalized spacial score (nSPS) is 10.5. The number of nitrogens with zero attached hydrogens (tertiary/aromatic N) is 2. The summed E-state index contributed by atoms with van der Waals surface area (Å²) in [6.45, 7) is 0.446. The van der Waals surface area contributed by atoms with Crippen LogP contribution in [0.3, 0.4) is 0 Å². The summed E-state index contributed by atoms with van der Waals surface area (Å²) in [5.74, 6) is -0.182. The van der Waals surface area contributed by atoms with Crippen molar-refractivity contribution < 1.29 is 4.79 Å². The molecule has 0 saturated carbocycles. The SMILES string of the molecule is O=C(NCc1c[nH]c2ncccc12)c1ccccn1. The fourth-order valence-corrected chi connectivity index (χ4v) is 1.92. The van der Waals surface area contributed by atoms with Crippen LogP contribution in [0.25, 0.3) is 11.0 Å². The van der Waals surface area contributed by atoms with Crippen molar-refractivity contribution in [1.29, 1.82) is 0 Å². The van der Waals surface area contributed by atoms with Gasteiger partial charge >= 0.3 is 0 Å². The molecular formula is C14H12N4O. The largest absolute Gasteiger partial charge is 0.347 e. The Morgan fingerprint density at radius 2 is 2.05 bits per heavy atom. The summed E-state index contributed by atoms with van der Waals surface area (Å²) in [4.78, 5) is 23.2. The summed E-state index contributed by atoms with van der Waals surface area (Å²) >= 11 is 0. The van der Waals surface area contributed by atoms with Crippen molar-refractivity contribution in [2.45, 2.75) is 6.54 Å². The molecule has 5 nitrogen and oxygen atoms in total. The Kier molecular flexibility index (Phi) is 2.94. The van der Waals surface area contributed by atoms with Gasteiger partial charge in [-0.3, -0.25) is 9.78 Å². The molecule has 94 valence electrons. The number of nitrogens with one attached hydrogen (secondary N) is 2. The molecule has 0 fully saturated rings. The lowest BCUT2D eigenvalue weighted by atomic mass is 10.2. The minimum atomic E-state index is -0.182. The molecule has 0 radical (unpaired) electrons. The van der Waals surface area contributed by atoms with E-state index in [1.54, 1.807) is 30.6 Å². The van der Waals surface area contributed by atoms with Crippen molar-refractivity contribution in [3.05, 3.63) is 60.2 Å². The average Bonchev–Trinajstić information content (AvgIpc) is 2.89. The third kappa shape index (κ3) is 2.30. The van der Waals surface area contributed by atoms with Gasteiger partial charge in [0.25, 0.3) is 5.91 Å². The monoisotopic (exact) mass is 252 g/mol. The number of fused-ring (bicyclic) bond motifs is 1. The van der Waals surface area contributed by atoms with E-state index in [0.717, 1.165) is 16.6 Å². The number of pyridine rings is 2. The predicted molar refractivity (Wildman–Crippen MR) is 71.5 cm³/mol. The zero-order valence-electron chi connectivity index (χ0n) is 10.1. The molecule has 0 atom stereocenters. The van der Waals surface area contributed by atoms with E-state index in [1.165, 1.54) is 0 Å². The van der Waals surface area contributed by atoms with Crippen LogP contribution in [0.4, 0.5) is 0 Å². The first-order chi connectivity index (χ1) is 9.34. The summed E-state index contributed by atoms with van der Waals surface area (Å²) in [6.07, 6.45) is 5.19. The lowest BCUT2D eigenvalue weighted by Gasteiger charge is -2.03. The van der Waals surface area contributed by atoms with Crippen LogP contribution in [0, 0.1) is 0 Å². The predicted octanol–water partition coefficient (Wildman–Crippen LogP) is 1.89. The van der Waals surface area contributed by atoms with Crippen LogP contribution in [-0.2, 0) is 6.54 Å². The van der Waals surface area contributed by atoms with E-state index >= 15 is 0 Å². The van der Waals surface area contributed by atoms with Gasteiger partial charge in [0.15, 0.2) is 0 Å². The molecule has 3 aromatic heterocycles. The van der Waals surface area contributed by atoms with Gasteiger partial charge in [0, 0.05) is 30.5 Å². The highest BCUT2D eigenvalue weighted by atomic mass is 16.1. The van der Waals surface area contributed by atoms with Gasteiger partial charge < -0.3 is 10.3 Å². The van der Waals surface area contributed by atoms with Gasteiger partial charge in [0.2, 0.25) is 0 Å². The number of H-pyrrole nitrogens is 1. The van der Waals surface area contributed by atoms with Crippen LogP contribution in [-0.4, -0.2) is 20.9 Å². The number of aromatic nitrogens is 3. The lowest BCUT2D eigenvalue weighted by Crippen LogP contribution is -2.23. The van der Waals surface area contributed by atoms with Gasteiger partial charge in [0.1, 0.15) is 11.3 Å². The van der Waals surface area contributed by atoms with Crippen molar-refractivity contribution in [3.63, 3.8) is 0 Å².